The Labute approximate surface area is 184 Å². The van der Waals surface area contributed by atoms with Crippen molar-refractivity contribution in [3.63, 3.8) is 0 Å². The van der Waals surface area contributed by atoms with Crippen molar-refractivity contribution in [2.24, 2.45) is 0 Å². The van der Waals surface area contributed by atoms with Gasteiger partial charge in [-0.2, -0.15) is 0 Å². The predicted molar refractivity (Wildman–Crippen MR) is 117 cm³/mol. The van der Waals surface area contributed by atoms with Gasteiger partial charge in [0, 0.05) is 27.2 Å². The van der Waals surface area contributed by atoms with E-state index in [1.807, 2.05) is 12.1 Å². The molecule has 2 aromatic carbocycles. The normalized spacial score (nSPS) is 21.2. The number of rotatable bonds is 3. The van der Waals surface area contributed by atoms with Crippen LogP contribution in [0.4, 0.5) is 21.0 Å². The van der Waals surface area contributed by atoms with Gasteiger partial charge in [0.1, 0.15) is 6.04 Å². The third-order valence-corrected chi connectivity index (χ3v) is 6.12. The number of nitrogens with zero attached hydrogens (tertiary/aromatic N) is 2. The minimum Gasteiger partial charge on any atom is -0.335 e. The van der Waals surface area contributed by atoms with Crippen molar-refractivity contribution in [1.29, 1.82) is 0 Å². The van der Waals surface area contributed by atoms with Crippen molar-refractivity contribution in [3.8, 4) is 0 Å². The van der Waals surface area contributed by atoms with E-state index >= 15 is 0 Å². The van der Waals surface area contributed by atoms with Crippen LogP contribution in [0.25, 0.3) is 0 Å². The van der Waals surface area contributed by atoms with Crippen LogP contribution in [0.15, 0.2) is 57.5 Å². The van der Waals surface area contributed by atoms with Crippen molar-refractivity contribution in [2.75, 3.05) is 16.8 Å². The number of hydrogen-bond acceptors (Lipinski definition) is 3. The van der Waals surface area contributed by atoms with Gasteiger partial charge < -0.3 is 15.5 Å². The number of piperidine rings is 1. The Hall–Kier alpha value is -2.39. The van der Waals surface area contributed by atoms with Gasteiger partial charge in [-0.1, -0.05) is 31.9 Å². The van der Waals surface area contributed by atoms with Crippen LogP contribution in [-0.2, 0) is 4.79 Å². The second-order valence-electron chi connectivity index (χ2n) is 6.97. The number of halogens is 2. The zero-order valence-corrected chi connectivity index (χ0v) is 18.4. The smallest absolute Gasteiger partial charge is 0.332 e. The minimum atomic E-state index is -0.558. The Kier molecular flexibility index (Phi) is 5.60. The van der Waals surface area contributed by atoms with Gasteiger partial charge in [-0.25, -0.2) is 14.5 Å². The second-order valence-corrected chi connectivity index (χ2v) is 8.80. The number of carbonyl (C=O) groups is 3. The predicted octanol–water partition coefficient (Wildman–Crippen LogP) is 4.33. The van der Waals surface area contributed by atoms with Gasteiger partial charge in [-0.3, -0.25) is 4.79 Å². The lowest BCUT2D eigenvalue weighted by Gasteiger charge is -2.32. The highest BCUT2D eigenvalue weighted by Gasteiger charge is 2.48. The van der Waals surface area contributed by atoms with Crippen LogP contribution in [0.1, 0.15) is 12.8 Å². The van der Waals surface area contributed by atoms with Gasteiger partial charge in [0.05, 0.1) is 5.69 Å². The highest BCUT2D eigenvalue weighted by molar-refractivity contribution is 9.10. The van der Waals surface area contributed by atoms with Gasteiger partial charge >= 0.3 is 12.1 Å². The van der Waals surface area contributed by atoms with Gasteiger partial charge in [0.2, 0.25) is 0 Å². The van der Waals surface area contributed by atoms with Gasteiger partial charge in [-0.15, -0.1) is 0 Å². The number of urea groups is 2. The molecule has 2 N–H and O–H groups in total. The molecule has 7 nitrogen and oxygen atoms in total. The molecule has 2 fully saturated rings. The summed E-state index contributed by atoms with van der Waals surface area (Å²) in [5.74, 6) is -0.253. The zero-order chi connectivity index (χ0) is 20.5. The summed E-state index contributed by atoms with van der Waals surface area (Å²) in [7, 11) is 0. The van der Waals surface area contributed by atoms with Crippen molar-refractivity contribution in [3.05, 3.63) is 57.5 Å². The Balaban J connectivity index is 1.40. The molecule has 4 rings (SSSR count). The summed E-state index contributed by atoms with van der Waals surface area (Å²) in [6.07, 6.45) is 0.989. The third-order valence-electron chi connectivity index (χ3n) is 5.07. The van der Waals surface area contributed by atoms with E-state index in [9.17, 15) is 14.4 Å². The minimum absolute atomic E-state index is 0.187. The molecule has 2 aromatic rings. The lowest BCUT2D eigenvalue weighted by Crippen LogP contribution is -2.50. The molecule has 0 saturated carbocycles. The van der Waals surface area contributed by atoms with Crippen LogP contribution in [0.5, 0.6) is 0 Å². The quantitative estimate of drug-likeness (QED) is 0.590. The van der Waals surface area contributed by atoms with Crippen LogP contribution in [0.2, 0.25) is 0 Å². The number of amides is 5. The number of benzene rings is 2. The third kappa shape index (κ3) is 4.16. The van der Waals surface area contributed by atoms with E-state index in [0.717, 1.165) is 8.95 Å². The average molecular weight is 522 g/mol. The van der Waals surface area contributed by atoms with Gasteiger partial charge in [-0.05, 0) is 61.4 Å². The van der Waals surface area contributed by atoms with E-state index in [-0.39, 0.29) is 24.0 Å². The Morgan fingerprint density at radius 3 is 2.24 bits per heavy atom. The van der Waals surface area contributed by atoms with Crippen LogP contribution in [0.3, 0.4) is 0 Å². The maximum atomic E-state index is 12.9. The molecule has 5 amide bonds. The maximum absolute atomic E-state index is 12.9. The highest BCUT2D eigenvalue weighted by Crippen LogP contribution is 2.31. The van der Waals surface area contributed by atoms with Crippen LogP contribution >= 0.6 is 31.9 Å². The van der Waals surface area contributed by atoms with Crippen molar-refractivity contribution < 1.29 is 14.4 Å². The van der Waals surface area contributed by atoms with Crippen LogP contribution in [-0.4, -0.2) is 41.5 Å². The number of hydrogen-bond donors (Lipinski definition) is 2. The molecule has 0 aromatic heterocycles. The molecule has 2 aliphatic heterocycles. The molecule has 2 atom stereocenters. The standard InChI is InChI=1S/C20H18Br2N4O3/c21-12-1-5-14(6-2-12)23-19(28)24-15-9-10-25-17(11-15)18(27)26(20(25)29)16-7-3-13(22)4-8-16/h1-8,15,17H,9-11H2,(H2,23,24,28). The molecule has 9 heteroatoms. The zero-order valence-electron chi connectivity index (χ0n) is 15.3. The van der Waals surface area contributed by atoms with E-state index in [4.69, 9.17) is 0 Å². The Morgan fingerprint density at radius 1 is 0.966 bits per heavy atom. The summed E-state index contributed by atoms with van der Waals surface area (Å²) >= 11 is 6.71. The first-order chi connectivity index (χ1) is 13.9. The molecule has 2 heterocycles. The fraction of sp³-hybridized carbons (Fsp3) is 0.250. The molecule has 29 heavy (non-hydrogen) atoms. The second kappa shape index (κ2) is 8.16. The summed E-state index contributed by atoms with van der Waals surface area (Å²) in [5.41, 5.74) is 1.23. The fourth-order valence-corrected chi connectivity index (χ4v) is 4.17. The molecule has 2 aliphatic rings. The van der Waals surface area contributed by atoms with E-state index < -0.39 is 6.04 Å². The number of carbonyl (C=O) groups excluding carboxylic acids is 3. The first kappa shape index (κ1) is 19.9. The van der Waals surface area contributed by atoms with E-state index in [1.54, 1.807) is 41.3 Å². The molecule has 0 bridgehead atoms. The SMILES string of the molecule is O=C(Nc1ccc(Br)cc1)NC1CCN2C(=O)N(c3ccc(Br)cc3)C(=O)C2C1. The first-order valence-electron chi connectivity index (χ1n) is 9.15. The number of fused-ring (bicyclic) bond motifs is 1. The molecular weight excluding hydrogens is 504 g/mol. The summed E-state index contributed by atoms with van der Waals surface area (Å²) in [6.45, 7) is 0.422. The van der Waals surface area contributed by atoms with E-state index in [2.05, 4.69) is 42.5 Å². The number of nitrogens with one attached hydrogen (secondary N) is 2. The summed E-state index contributed by atoms with van der Waals surface area (Å²) < 4.78 is 1.80. The van der Waals surface area contributed by atoms with E-state index in [1.165, 1.54) is 4.90 Å². The molecule has 2 saturated heterocycles. The fourth-order valence-electron chi connectivity index (χ4n) is 3.64. The summed E-state index contributed by atoms with van der Waals surface area (Å²) in [6, 6.07) is 13.0. The van der Waals surface area contributed by atoms with Crippen molar-refractivity contribution in [2.45, 2.75) is 24.9 Å². The van der Waals surface area contributed by atoms with Crippen LogP contribution in [0, 0.1) is 0 Å². The lowest BCUT2D eigenvalue weighted by atomic mass is 9.98. The number of imide groups is 1. The number of anilines is 2. The van der Waals surface area contributed by atoms with E-state index in [0.29, 0.717) is 30.8 Å². The average Bonchev–Trinajstić information content (AvgIpc) is 2.94. The molecule has 0 aliphatic carbocycles. The monoisotopic (exact) mass is 520 g/mol. The molecular formula is C20H18Br2N4O3. The molecule has 0 radical (unpaired) electrons. The lowest BCUT2D eigenvalue weighted by molar-refractivity contribution is -0.120. The summed E-state index contributed by atoms with van der Waals surface area (Å²) in [5, 5.41) is 5.70. The largest absolute Gasteiger partial charge is 0.335 e. The van der Waals surface area contributed by atoms with Crippen molar-refractivity contribution in [1.82, 2.24) is 10.2 Å². The molecule has 0 spiro atoms. The molecule has 2 unspecified atom stereocenters. The van der Waals surface area contributed by atoms with Gasteiger partial charge in [0.25, 0.3) is 5.91 Å². The van der Waals surface area contributed by atoms with Crippen molar-refractivity contribution >= 4 is 61.2 Å². The topological polar surface area (TPSA) is 81.8 Å². The van der Waals surface area contributed by atoms with Crippen LogP contribution < -0.4 is 15.5 Å². The summed E-state index contributed by atoms with van der Waals surface area (Å²) in [4.78, 5) is 40.8. The Morgan fingerprint density at radius 2 is 1.59 bits per heavy atom. The first-order valence-corrected chi connectivity index (χ1v) is 10.7. The van der Waals surface area contributed by atoms with Gasteiger partial charge in [0.15, 0.2) is 0 Å². The maximum Gasteiger partial charge on any atom is 0.332 e. The highest BCUT2D eigenvalue weighted by atomic mass is 79.9. The molecule has 150 valence electrons. The Bertz CT molecular complexity index is 949.